The maximum atomic E-state index is 13.8. The SMILES string of the molecule is COC(C(=O)OC/C1=C/O[C@H](C)/C=C\CC1)(c1ccccc1)C(F)(F)F. The van der Waals surface area contributed by atoms with Gasteiger partial charge >= 0.3 is 12.1 Å². The smallest absolute Gasteiger partial charge is 0.432 e. The lowest BCUT2D eigenvalue weighted by Crippen LogP contribution is -2.51. The molecule has 0 bridgehead atoms. The summed E-state index contributed by atoms with van der Waals surface area (Å²) >= 11 is 0. The normalized spacial score (nSPS) is 23.4. The fourth-order valence-corrected chi connectivity index (χ4v) is 2.62. The minimum atomic E-state index is -4.98. The minimum absolute atomic E-state index is 0.154. The number of carbonyl (C=O) groups is 1. The summed E-state index contributed by atoms with van der Waals surface area (Å²) in [5.74, 6) is -1.51. The van der Waals surface area contributed by atoms with Crippen molar-refractivity contribution in [2.75, 3.05) is 13.7 Å². The molecule has 0 N–H and O–H groups in total. The van der Waals surface area contributed by atoms with E-state index >= 15 is 0 Å². The Labute approximate surface area is 150 Å². The van der Waals surface area contributed by atoms with Crippen LogP contribution in [0.5, 0.6) is 0 Å². The van der Waals surface area contributed by atoms with Crippen molar-refractivity contribution in [2.24, 2.45) is 0 Å². The highest BCUT2D eigenvalue weighted by molar-refractivity contribution is 5.82. The highest BCUT2D eigenvalue weighted by atomic mass is 19.4. The second-order valence-corrected chi connectivity index (χ2v) is 5.91. The Morgan fingerprint density at radius 1 is 1.27 bits per heavy atom. The van der Waals surface area contributed by atoms with Crippen LogP contribution in [0.25, 0.3) is 0 Å². The number of rotatable bonds is 5. The Morgan fingerprint density at radius 3 is 2.58 bits per heavy atom. The van der Waals surface area contributed by atoms with Crippen LogP contribution < -0.4 is 0 Å². The molecule has 142 valence electrons. The average Bonchev–Trinajstić information content (AvgIpc) is 2.59. The lowest BCUT2D eigenvalue weighted by molar-refractivity contribution is -0.276. The molecular formula is C19H21F3O4. The molecular weight excluding hydrogens is 349 g/mol. The van der Waals surface area contributed by atoms with Crippen molar-refractivity contribution in [1.82, 2.24) is 0 Å². The molecule has 0 spiro atoms. The van der Waals surface area contributed by atoms with Crippen molar-refractivity contribution in [2.45, 2.75) is 37.6 Å². The van der Waals surface area contributed by atoms with Gasteiger partial charge in [-0.15, -0.1) is 0 Å². The number of hydrogen-bond donors (Lipinski definition) is 0. The molecule has 0 aliphatic carbocycles. The topological polar surface area (TPSA) is 44.8 Å². The van der Waals surface area contributed by atoms with Crippen LogP contribution in [0.1, 0.15) is 25.3 Å². The first-order chi connectivity index (χ1) is 12.3. The van der Waals surface area contributed by atoms with Crippen molar-refractivity contribution in [3.8, 4) is 0 Å². The van der Waals surface area contributed by atoms with Crippen molar-refractivity contribution >= 4 is 5.97 Å². The van der Waals surface area contributed by atoms with E-state index in [4.69, 9.17) is 14.2 Å². The molecule has 0 saturated carbocycles. The third kappa shape index (κ3) is 4.27. The van der Waals surface area contributed by atoms with Gasteiger partial charge < -0.3 is 14.2 Å². The number of hydrogen-bond acceptors (Lipinski definition) is 4. The van der Waals surface area contributed by atoms with Crippen molar-refractivity contribution < 1.29 is 32.2 Å². The second kappa shape index (κ2) is 8.40. The Morgan fingerprint density at radius 2 is 1.96 bits per heavy atom. The summed E-state index contributed by atoms with van der Waals surface area (Å²) < 4.78 is 56.4. The third-order valence-electron chi connectivity index (χ3n) is 4.05. The number of halogens is 3. The summed E-state index contributed by atoms with van der Waals surface area (Å²) in [6, 6.07) is 6.73. The highest BCUT2D eigenvalue weighted by Crippen LogP contribution is 2.43. The molecule has 0 radical (unpaired) electrons. The Bertz CT molecular complexity index is 667. The number of carbonyl (C=O) groups excluding carboxylic acids is 1. The Kier molecular flexibility index (Phi) is 6.47. The van der Waals surface area contributed by atoms with Crippen molar-refractivity contribution in [3.63, 3.8) is 0 Å². The molecule has 2 rings (SSSR count). The number of ether oxygens (including phenoxy) is 3. The van der Waals surface area contributed by atoms with E-state index in [9.17, 15) is 18.0 Å². The molecule has 1 aliphatic heterocycles. The zero-order valence-electron chi connectivity index (χ0n) is 14.6. The summed E-state index contributed by atoms with van der Waals surface area (Å²) in [6.45, 7) is 1.53. The van der Waals surface area contributed by atoms with Gasteiger partial charge in [0.05, 0.1) is 6.26 Å². The quantitative estimate of drug-likeness (QED) is 0.574. The second-order valence-electron chi connectivity index (χ2n) is 5.91. The zero-order valence-corrected chi connectivity index (χ0v) is 14.6. The highest BCUT2D eigenvalue weighted by Gasteiger charge is 2.64. The lowest BCUT2D eigenvalue weighted by Gasteiger charge is -2.32. The van der Waals surface area contributed by atoms with Gasteiger partial charge in [-0.1, -0.05) is 36.4 Å². The molecule has 4 nitrogen and oxygen atoms in total. The first kappa shape index (κ1) is 20.0. The van der Waals surface area contributed by atoms with Gasteiger partial charge in [0.15, 0.2) is 0 Å². The van der Waals surface area contributed by atoms with E-state index in [1.165, 1.54) is 30.5 Å². The van der Waals surface area contributed by atoms with Gasteiger partial charge in [-0.3, -0.25) is 0 Å². The lowest BCUT2D eigenvalue weighted by atomic mass is 9.92. The van der Waals surface area contributed by atoms with Gasteiger partial charge in [-0.2, -0.15) is 13.2 Å². The standard InChI is InChI=1S/C19H21F3O4/c1-14-8-6-7-9-15(12-25-14)13-26-17(23)18(24-2,19(20,21)22)16-10-4-3-5-11-16/h3-6,8,10-12,14H,7,9,13H2,1-2H3/b8-6-,15-12+/t14-,18?/m1/s1. The minimum Gasteiger partial charge on any atom is -0.494 e. The van der Waals surface area contributed by atoms with E-state index in [-0.39, 0.29) is 18.3 Å². The van der Waals surface area contributed by atoms with Gasteiger partial charge in [-0.05, 0) is 25.8 Å². The number of allylic oxidation sites excluding steroid dienone is 1. The fourth-order valence-electron chi connectivity index (χ4n) is 2.62. The number of methoxy groups -OCH3 is 1. The maximum Gasteiger partial charge on any atom is 0.432 e. The summed E-state index contributed by atoms with van der Waals surface area (Å²) in [6.07, 6.45) is 1.30. The van der Waals surface area contributed by atoms with Crippen LogP contribution in [0.2, 0.25) is 0 Å². The first-order valence-corrected chi connectivity index (χ1v) is 8.16. The predicted octanol–water partition coefficient (Wildman–Crippen LogP) is 4.27. The van der Waals surface area contributed by atoms with Crippen molar-refractivity contribution in [3.05, 3.63) is 59.9 Å². The number of benzene rings is 1. The monoisotopic (exact) mass is 370 g/mol. The van der Waals surface area contributed by atoms with Gasteiger partial charge in [0.1, 0.15) is 12.7 Å². The van der Waals surface area contributed by atoms with Crippen LogP contribution in [-0.4, -0.2) is 32.0 Å². The van der Waals surface area contributed by atoms with Gasteiger partial charge in [0, 0.05) is 18.2 Å². The first-order valence-electron chi connectivity index (χ1n) is 8.16. The summed E-state index contributed by atoms with van der Waals surface area (Å²) in [7, 11) is 0.840. The summed E-state index contributed by atoms with van der Waals surface area (Å²) in [4.78, 5) is 12.5. The molecule has 0 saturated heterocycles. The van der Waals surface area contributed by atoms with Crippen LogP contribution in [0.15, 0.2) is 54.3 Å². The summed E-state index contributed by atoms with van der Waals surface area (Å²) in [5, 5.41) is 0. The molecule has 1 unspecified atom stereocenters. The van der Waals surface area contributed by atoms with Crippen molar-refractivity contribution in [1.29, 1.82) is 0 Å². The van der Waals surface area contributed by atoms with E-state index in [1.54, 1.807) is 6.07 Å². The molecule has 1 heterocycles. The van der Waals surface area contributed by atoms with Gasteiger partial charge in [0.2, 0.25) is 0 Å². The van der Waals surface area contributed by atoms with Crippen LogP contribution in [-0.2, 0) is 24.6 Å². The fraction of sp³-hybridized carbons (Fsp3) is 0.421. The molecule has 26 heavy (non-hydrogen) atoms. The Hall–Kier alpha value is -2.28. The zero-order chi connectivity index (χ0) is 19.2. The van der Waals surface area contributed by atoms with Crippen LogP contribution in [0.3, 0.4) is 0 Å². The van der Waals surface area contributed by atoms with Crippen LogP contribution in [0.4, 0.5) is 13.2 Å². The van der Waals surface area contributed by atoms with Gasteiger partial charge in [-0.25, -0.2) is 4.79 Å². The third-order valence-corrected chi connectivity index (χ3v) is 4.05. The van der Waals surface area contributed by atoms with E-state index in [2.05, 4.69) is 0 Å². The van der Waals surface area contributed by atoms with E-state index < -0.39 is 17.7 Å². The maximum absolute atomic E-state index is 13.8. The number of esters is 1. The molecule has 0 amide bonds. The molecule has 1 aromatic rings. The summed E-state index contributed by atoms with van der Waals surface area (Å²) in [5.41, 5.74) is -2.92. The van der Waals surface area contributed by atoms with Gasteiger partial charge in [0.25, 0.3) is 5.60 Å². The van der Waals surface area contributed by atoms with E-state index in [1.807, 2.05) is 19.1 Å². The molecule has 7 heteroatoms. The van der Waals surface area contributed by atoms with Crippen LogP contribution in [0, 0.1) is 0 Å². The molecule has 2 atom stereocenters. The average molecular weight is 370 g/mol. The molecule has 0 fully saturated rings. The number of alkyl halides is 3. The molecule has 1 aliphatic rings. The largest absolute Gasteiger partial charge is 0.494 e. The van der Waals surface area contributed by atoms with E-state index in [0.717, 1.165) is 7.11 Å². The van der Waals surface area contributed by atoms with E-state index in [0.29, 0.717) is 18.4 Å². The Balaban J connectivity index is 2.21. The van der Waals surface area contributed by atoms with Crippen LogP contribution >= 0.6 is 0 Å². The predicted molar refractivity (Wildman–Crippen MR) is 89.1 cm³/mol. The molecule has 0 aromatic heterocycles. The molecule has 1 aromatic carbocycles.